The van der Waals surface area contributed by atoms with E-state index in [0.717, 1.165) is 11.4 Å². The van der Waals surface area contributed by atoms with Crippen molar-refractivity contribution in [3.8, 4) is 22.3 Å². The summed E-state index contributed by atoms with van der Waals surface area (Å²) in [5.41, 5.74) is 13.9. The second kappa shape index (κ2) is 10.6. The Labute approximate surface area is 295 Å². The van der Waals surface area contributed by atoms with Gasteiger partial charge in [-0.3, -0.25) is 0 Å². The largest absolute Gasteiger partial charge is 0.310 e. The average Bonchev–Trinajstić information content (AvgIpc) is 3.59. The molecule has 1 spiro atoms. The highest BCUT2D eigenvalue weighted by Gasteiger charge is 2.51. The number of fused-ring (bicyclic) bond motifs is 12. The first-order valence-corrected chi connectivity index (χ1v) is 21.2. The number of hydrogen-bond acceptors (Lipinski definition) is 1. The number of para-hydroxylation sites is 1. The molecule has 0 aromatic heterocycles. The van der Waals surface area contributed by atoms with Crippen molar-refractivity contribution in [1.82, 2.24) is 0 Å². The van der Waals surface area contributed by atoms with E-state index in [-0.39, 0.29) is 0 Å². The number of nitrogens with zero attached hydrogens (tertiary/aromatic N) is 1. The topological polar surface area (TPSA) is 3.24 Å². The molecule has 0 aliphatic heterocycles. The van der Waals surface area contributed by atoms with Crippen molar-refractivity contribution in [2.75, 3.05) is 4.90 Å². The lowest BCUT2D eigenvalue weighted by molar-refractivity contribution is 0.796. The summed E-state index contributed by atoms with van der Waals surface area (Å²) in [6.07, 6.45) is 0. The molecule has 0 saturated heterocycles. The minimum Gasteiger partial charge on any atom is -0.310 e. The maximum absolute atomic E-state index is 2.51. The van der Waals surface area contributed by atoms with Crippen LogP contribution in [0.4, 0.5) is 17.1 Å². The molecule has 50 heavy (non-hydrogen) atoms. The Morgan fingerprint density at radius 1 is 0.360 bits per heavy atom. The van der Waals surface area contributed by atoms with Crippen LogP contribution in [-0.2, 0) is 5.41 Å². The van der Waals surface area contributed by atoms with Crippen LogP contribution in [0.5, 0.6) is 0 Å². The minimum absolute atomic E-state index is 0.391. The second-order valence-corrected chi connectivity index (χ2v) is 20.1. The van der Waals surface area contributed by atoms with Crippen molar-refractivity contribution in [2.45, 2.75) is 25.1 Å². The molecule has 1 nitrogen and oxygen atoms in total. The molecule has 0 radical (unpaired) electrons. The minimum atomic E-state index is -1.42. The van der Waals surface area contributed by atoms with Gasteiger partial charge in [0, 0.05) is 17.1 Å². The molecule has 2 aliphatic rings. The van der Waals surface area contributed by atoms with Gasteiger partial charge in [0.05, 0.1) is 13.5 Å². The Morgan fingerprint density at radius 3 is 1.46 bits per heavy atom. The predicted octanol–water partition coefficient (Wildman–Crippen LogP) is 12.4. The van der Waals surface area contributed by atoms with Gasteiger partial charge in [-0.05, 0) is 127 Å². The fourth-order valence-corrected chi connectivity index (χ4v) is 9.99. The molecule has 0 amide bonds. The lowest BCUT2D eigenvalue weighted by Crippen LogP contribution is -2.37. The van der Waals surface area contributed by atoms with Crippen LogP contribution in [0.1, 0.15) is 22.3 Å². The molecule has 0 bridgehead atoms. The SMILES string of the molecule is C[Si](C)(C)c1ccc(N(c2ccccc2)c2ccc3cc4c(cc3c2)C2(c3ccccc3-c3ccccc32)c2cc3ccccc3cc2-4)cc1. The molecule has 0 fully saturated rings. The van der Waals surface area contributed by atoms with Crippen molar-refractivity contribution in [3.05, 3.63) is 192 Å². The molecule has 0 saturated carbocycles. The van der Waals surface area contributed by atoms with Crippen LogP contribution in [0, 0.1) is 0 Å². The summed E-state index contributed by atoms with van der Waals surface area (Å²) < 4.78 is 0. The van der Waals surface area contributed by atoms with Crippen LogP contribution in [0.3, 0.4) is 0 Å². The molecule has 2 aliphatic carbocycles. The van der Waals surface area contributed by atoms with E-state index >= 15 is 0 Å². The first-order chi connectivity index (χ1) is 24.4. The van der Waals surface area contributed by atoms with Gasteiger partial charge in [-0.15, -0.1) is 0 Å². The Bertz CT molecular complexity index is 2580. The molecule has 0 atom stereocenters. The van der Waals surface area contributed by atoms with Crippen LogP contribution in [-0.4, -0.2) is 8.07 Å². The molecular weight excluding hydrogens is 619 g/mol. The Kier molecular flexibility index (Phi) is 6.22. The fourth-order valence-electron chi connectivity index (χ4n) is 8.83. The van der Waals surface area contributed by atoms with E-state index in [1.165, 1.54) is 76.9 Å². The molecule has 0 N–H and O–H groups in total. The summed E-state index contributed by atoms with van der Waals surface area (Å²) in [4.78, 5) is 2.40. The van der Waals surface area contributed by atoms with E-state index < -0.39 is 13.5 Å². The van der Waals surface area contributed by atoms with Gasteiger partial charge in [0.1, 0.15) is 0 Å². The van der Waals surface area contributed by atoms with Gasteiger partial charge in [-0.1, -0.05) is 134 Å². The number of anilines is 3. The summed E-state index contributed by atoms with van der Waals surface area (Å²) in [5.74, 6) is 0. The number of benzene rings is 8. The zero-order valence-corrected chi connectivity index (χ0v) is 29.6. The van der Waals surface area contributed by atoms with Gasteiger partial charge in [0.15, 0.2) is 0 Å². The van der Waals surface area contributed by atoms with Gasteiger partial charge in [0.25, 0.3) is 0 Å². The monoisotopic (exact) mass is 655 g/mol. The van der Waals surface area contributed by atoms with Gasteiger partial charge in [-0.25, -0.2) is 0 Å². The van der Waals surface area contributed by atoms with E-state index in [2.05, 4.69) is 194 Å². The standard InChI is InChI=1S/C48H37NSi/c1-50(2,3)39-25-23-37(24-26-39)49(36-15-5-4-6-16-36)38-22-21-34-29-43-42-28-32-13-7-8-14-33(32)30-46(42)48(47(43)31-35(34)27-38)44-19-11-9-17-40(44)41-18-10-12-20-45(41)48/h4-31H,1-3H3. The Hall–Kier alpha value is -5.70. The highest BCUT2D eigenvalue weighted by Crippen LogP contribution is 2.63. The normalized spacial score (nSPS) is 13.7. The molecule has 2 heteroatoms. The molecule has 8 aromatic carbocycles. The first-order valence-electron chi connectivity index (χ1n) is 17.7. The van der Waals surface area contributed by atoms with E-state index in [1.807, 2.05) is 0 Å². The van der Waals surface area contributed by atoms with Gasteiger partial charge < -0.3 is 4.90 Å². The first kappa shape index (κ1) is 29.2. The maximum Gasteiger partial charge on any atom is 0.0775 e. The summed E-state index contributed by atoms with van der Waals surface area (Å²) in [6, 6.07) is 63.9. The van der Waals surface area contributed by atoms with E-state index in [0.29, 0.717) is 0 Å². The molecular formula is C48H37NSi. The fraction of sp³-hybridized carbons (Fsp3) is 0.0833. The second-order valence-electron chi connectivity index (χ2n) is 15.0. The zero-order valence-electron chi connectivity index (χ0n) is 28.6. The van der Waals surface area contributed by atoms with Gasteiger partial charge in [0.2, 0.25) is 0 Å². The molecule has 8 aromatic rings. The maximum atomic E-state index is 2.51. The Balaban J connectivity index is 1.24. The van der Waals surface area contributed by atoms with E-state index in [4.69, 9.17) is 0 Å². The lowest BCUT2D eigenvalue weighted by Gasteiger charge is -2.31. The van der Waals surface area contributed by atoms with Crippen LogP contribution < -0.4 is 10.1 Å². The highest BCUT2D eigenvalue weighted by atomic mass is 28.3. The van der Waals surface area contributed by atoms with Crippen LogP contribution in [0.2, 0.25) is 19.6 Å². The predicted molar refractivity (Wildman–Crippen MR) is 215 cm³/mol. The quantitative estimate of drug-likeness (QED) is 0.171. The summed E-state index contributed by atoms with van der Waals surface area (Å²) >= 11 is 0. The van der Waals surface area contributed by atoms with Crippen LogP contribution in [0.15, 0.2) is 170 Å². The van der Waals surface area contributed by atoms with Gasteiger partial charge >= 0.3 is 0 Å². The van der Waals surface area contributed by atoms with Crippen molar-refractivity contribution in [2.24, 2.45) is 0 Å². The van der Waals surface area contributed by atoms with Crippen molar-refractivity contribution in [3.63, 3.8) is 0 Å². The number of hydrogen-bond donors (Lipinski definition) is 0. The summed E-state index contributed by atoms with van der Waals surface area (Å²) in [7, 11) is -1.42. The van der Waals surface area contributed by atoms with Crippen molar-refractivity contribution in [1.29, 1.82) is 0 Å². The van der Waals surface area contributed by atoms with Gasteiger partial charge in [-0.2, -0.15) is 0 Å². The third-order valence-corrected chi connectivity index (χ3v) is 13.2. The smallest absolute Gasteiger partial charge is 0.0775 e. The lowest BCUT2D eigenvalue weighted by atomic mass is 9.70. The molecule has 10 rings (SSSR count). The van der Waals surface area contributed by atoms with Crippen LogP contribution in [0.25, 0.3) is 43.8 Å². The van der Waals surface area contributed by atoms with Crippen molar-refractivity contribution < 1.29 is 0 Å². The molecule has 0 heterocycles. The third-order valence-electron chi connectivity index (χ3n) is 11.2. The average molecular weight is 656 g/mol. The summed E-state index contributed by atoms with van der Waals surface area (Å²) in [5, 5.41) is 6.54. The van der Waals surface area contributed by atoms with Crippen molar-refractivity contribution >= 4 is 51.9 Å². The van der Waals surface area contributed by atoms with E-state index in [1.54, 1.807) is 0 Å². The molecule has 0 unspecified atom stereocenters. The third kappa shape index (κ3) is 4.12. The Morgan fingerprint density at radius 2 is 0.840 bits per heavy atom. The highest BCUT2D eigenvalue weighted by molar-refractivity contribution is 6.88. The zero-order chi connectivity index (χ0) is 33.6. The summed E-state index contributed by atoms with van der Waals surface area (Å²) in [6.45, 7) is 7.23. The number of rotatable bonds is 4. The molecule has 238 valence electrons. The van der Waals surface area contributed by atoms with E-state index in [9.17, 15) is 0 Å². The van der Waals surface area contributed by atoms with Crippen LogP contribution >= 0.6 is 0 Å².